The predicted octanol–water partition coefficient (Wildman–Crippen LogP) is 2.04. The van der Waals surface area contributed by atoms with E-state index in [1.807, 2.05) is 13.8 Å². The topological polar surface area (TPSA) is 76.1 Å². The first kappa shape index (κ1) is 16.9. The van der Waals surface area contributed by atoms with E-state index in [4.69, 9.17) is 9.57 Å². The van der Waals surface area contributed by atoms with Crippen molar-refractivity contribution < 1.29 is 24.3 Å². The maximum Gasteiger partial charge on any atom is 0.308 e. The maximum absolute atomic E-state index is 11.4. The molecule has 1 fully saturated rings. The third-order valence-electron chi connectivity index (χ3n) is 3.94. The number of nitrogens with zero attached hydrogens (tertiary/aromatic N) is 1. The molecule has 0 aromatic heterocycles. The largest absolute Gasteiger partial charge is 0.481 e. The molecule has 3 unspecified atom stereocenters. The third-order valence-corrected chi connectivity index (χ3v) is 3.94. The smallest absolute Gasteiger partial charge is 0.308 e. The number of aliphatic carboxylic acids is 1. The van der Waals surface area contributed by atoms with E-state index in [0.717, 1.165) is 30.7 Å². The molecule has 0 spiro atoms. The molecule has 6 heteroatoms. The second-order valence-corrected chi connectivity index (χ2v) is 5.36. The zero-order valence-electron chi connectivity index (χ0n) is 12.4. The van der Waals surface area contributed by atoms with E-state index in [1.165, 1.54) is 0 Å². The number of amides is 1. The van der Waals surface area contributed by atoms with Gasteiger partial charge >= 0.3 is 5.97 Å². The van der Waals surface area contributed by atoms with Gasteiger partial charge in [-0.1, -0.05) is 20.3 Å². The van der Waals surface area contributed by atoms with Crippen LogP contribution in [-0.2, 0) is 19.2 Å². The van der Waals surface area contributed by atoms with Crippen LogP contribution in [0.25, 0.3) is 0 Å². The molecular formula is C14H25NO5. The van der Waals surface area contributed by atoms with Crippen LogP contribution in [0.3, 0.4) is 0 Å². The van der Waals surface area contributed by atoms with Gasteiger partial charge in [0.05, 0.1) is 12.0 Å². The lowest BCUT2D eigenvalue weighted by Crippen LogP contribution is -2.46. The van der Waals surface area contributed by atoms with Gasteiger partial charge in [-0.3, -0.25) is 9.59 Å². The average Bonchev–Trinajstić information content (AvgIpc) is 2.45. The summed E-state index contributed by atoms with van der Waals surface area (Å²) in [6.45, 7) is 6.11. The van der Waals surface area contributed by atoms with E-state index in [9.17, 15) is 14.7 Å². The fraction of sp³-hybridized carbons (Fsp3) is 0.857. The van der Waals surface area contributed by atoms with Gasteiger partial charge in [-0.2, -0.15) is 0 Å². The van der Waals surface area contributed by atoms with Crippen LogP contribution in [0.1, 0.15) is 46.5 Å². The summed E-state index contributed by atoms with van der Waals surface area (Å²) < 4.78 is 5.42. The molecule has 0 bridgehead atoms. The van der Waals surface area contributed by atoms with E-state index in [2.05, 4.69) is 0 Å². The Hall–Kier alpha value is -1.14. The first-order chi connectivity index (χ1) is 9.51. The monoisotopic (exact) mass is 287 g/mol. The molecule has 20 heavy (non-hydrogen) atoms. The molecule has 1 aliphatic heterocycles. The van der Waals surface area contributed by atoms with Gasteiger partial charge in [-0.05, 0) is 25.7 Å². The molecule has 6 nitrogen and oxygen atoms in total. The van der Waals surface area contributed by atoms with Crippen LogP contribution in [0.2, 0.25) is 0 Å². The van der Waals surface area contributed by atoms with Crippen LogP contribution in [0.4, 0.5) is 0 Å². The molecule has 0 aromatic carbocycles. The van der Waals surface area contributed by atoms with Crippen molar-refractivity contribution in [2.75, 3.05) is 6.61 Å². The molecule has 0 saturated carbocycles. The Kier molecular flexibility index (Phi) is 6.95. The quantitative estimate of drug-likeness (QED) is 0.546. The number of rotatable bonds is 8. The molecule has 0 aliphatic carbocycles. The summed E-state index contributed by atoms with van der Waals surface area (Å²) in [5.41, 5.74) is 0. The van der Waals surface area contributed by atoms with Gasteiger partial charge in [-0.25, -0.2) is 9.90 Å². The zero-order valence-corrected chi connectivity index (χ0v) is 12.4. The van der Waals surface area contributed by atoms with Gasteiger partial charge < -0.3 is 9.84 Å². The number of ether oxygens (including phenoxy) is 1. The number of carbonyl (C=O) groups is 2. The first-order valence-electron chi connectivity index (χ1n) is 7.26. The van der Waals surface area contributed by atoms with E-state index in [1.54, 1.807) is 6.92 Å². The van der Waals surface area contributed by atoms with E-state index < -0.39 is 24.2 Å². The van der Waals surface area contributed by atoms with Crippen LogP contribution >= 0.6 is 0 Å². The highest BCUT2D eigenvalue weighted by atomic mass is 16.8. The summed E-state index contributed by atoms with van der Waals surface area (Å²) in [6, 6.07) is -0.537. The summed E-state index contributed by atoms with van der Waals surface area (Å²) in [4.78, 5) is 28.1. The van der Waals surface area contributed by atoms with Gasteiger partial charge in [-0.15, -0.1) is 0 Å². The highest BCUT2D eigenvalue weighted by Gasteiger charge is 2.34. The molecule has 116 valence electrons. The number of hydroxylamine groups is 2. The molecule has 4 atom stereocenters. The Morgan fingerprint density at radius 1 is 1.50 bits per heavy atom. The molecular weight excluding hydrogens is 262 g/mol. The number of carboxylic acid groups (broad SMARTS) is 1. The fourth-order valence-corrected chi connectivity index (χ4v) is 2.48. The molecule has 1 aliphatic rings. The van der Waals surface area contributed by atoms with Gasteiger partial charge in [0.25, 0.3) is 0 Å². The van der Waals surface area contributed by atoms with Crippen LogP contribution in [0.5, 0.6) is 0 Å². The van der Waals surface area contributed by atoms with Crippen molar-refractivity contribution in [2.45, 2.75) is 58.8 Å². The van der Waals surface area contributed by atoms with Crippen LogP contribution in [0.15, 0.2) is 0 Å². The fourth-order valence-electron chi connectivity index (χ4n) is 2.48. The molecule has 1 saturated heterocycles. The molecule has 0 radical (unpaired) electrons. The third kappa shape index (κ3) is 4.45. The van der Waals surface area contributed by atoms with Gasteiger partial charge in [0.2, 0.25) is 6.41 Å². The van der Waals surface area contributed by atoms with E-state index in [-0.39, 0.29) is 5.92 Å². The molecule has 1 rings (SSSR count). The maximum atomic E-state index is 11.4. The SMILES string of the molecule is CCC(C)C(C(=O)O)[C@H](C)N(C=O)OC1CCCCO1. The zero-order chi connectivity index (χ0) is 15.1. The van der Waals surface area contributed by atoms with Crippen LogP contribution in [-0.4, -0.2) is 41.5 Å². The first-order valence-corrected chi connectivity index (χ1v) is 7.26. The normalized spacial score (nSPS) is 23.6. The Morgan fingerprint density at radius 2 is 2.20 bits per heavy atom. The Bertz CT molecular complexity index is 317. The predicted molar refractivity (Wildman–Crippen MR) is 72.6 cm³/mol. The van der Waals surface area contributed by atoms with E-state index in [0.29, 0.717) is 13.0 Å². The van der Waals surface area contributed by atoms with Crippen molar-refractivity contribution in [3.05, 3.63) is 0 Å². The van der Waals surface area contributed by atoms with Crippen molar-refractivity contribution in [1.29, 1.82) is 0 Å². The number of carbonyl (C=O) groups excluding carboxylic acids is 1. The second kappa shape index (κ2) is 8.21. The second-order valence-electron chi connectivity index (χ2n) is 5.36. The van der Waals surface area contributed by atoms with Gasteiger partial charge in [0, 0.05) is 13.0 Å². The summed E-state index contributed by atoms with van der Waals surface area (Å²) >= 11 is 0. The molecule has 1 heterocycles. The Balaban J connectivity index is 2.69. The van der Waals surface area contributed by atoms with Gasteiger partial charge in [0.1, 0.15) is 0 Å². The van der Waals surface area contributed by atoms with Crippen molar-refractivity contribution in [2.24, 2.45) is 11.8 Å². The minimum atomic E-state index is -0.910. The minimum absolute atomic E-state index is 0.0409. The average molecular weight is 287 g/mol. The lowest BCUT2D eigenvalue weighted by molar-refractivity contribution is -0.288. The minimum Gasteiger partial charge on any atom is -0.481 e. The highest BCUT2D eigenvalue weighted by Crippen LogP contribution is 2.24. The lowest BCUT2D eigenvalue weighted by atomic mass is 9.86. The Morgan fingerprint density at radius 3 is 2.65 bits per heavy atom. The van der Waals surface area contributed by atoms with Crippen molar-refractivity contribution in [3.63, 3.8) is 0 Å². The summed E-state index contributed by atoms with van der Waals surface area (Å²) in [6.07, 6.45) is 3.51. The van der Waals surface area contributed by atoms with Crippen LogP contribution < -0.4 is 0 Å². The highest BCUT2D eigenvalue weighted by molar-refractivity contribution is 5.71. The molecule has 1 amide bonds. The summed E-state index contributed by atoms with van der Waals surface area (Å²) in [5, 5.41) is 10.5. The standard InChI is InChI=1S/C14H25NO5/c1-4-10(2)13(14(17)18)11(3)15(9-16)20-12-7-5-6-8-19-12/h9-13H,4-8H2,1-3H3,(H,17,18)/t10?,11-,12?,13?/m0/s1. The summed E-state index contributed by atoms with van der Waals surface area (Å²) in [5.74, 6) is -1.61. The Labute approximate surface area is 120 Å². The molecule has 0 aromatic rings. The lowest BCUT2D eigenvalue weighted by Gasteiger charge is -2.34. The van der Waals surface area contributed by atoms with E-state index >= 15 is 0 Å². The number of carboxylic acids is 1. The van der Waals surface area contributed by atoms with Crippen molar-refractivity contribution >= 4 is 12.4 Å². The van der Waals surface area contributed by atoms with Crippen LogP contribution in [0, 0.1) is 11.8 Å². The van der Waals surface area contributed by atoms with Crippen molar-refractivity contribution in [1.82, 2.24) is 5.06 Å². The number of hydrogen-bond donors (Lipinski definition) is 1. The summed E-state index contributed by atoms with van der Waals surface area (Å²) in [7, 11) is 0. The number of hydrogen-bond acceptors (Lipinski definition) is 4. The van der Waals surface area contributed by atoms with Crippen molar-refractivity contribution in [3.8, 4) is 0 Å². The molecule has 1 N–H and O–H groups in total. The van der Waals surface area contributed by atoms with Gasteiger partial charge in [0.15, 0.2) is 6.29 Å².